The van der Waals surface area contributed by atoms with Gasteiger partial charge in [0.15, 0.2) is 0 Å². The Labute approximate surface area is 342 Å². The van der Waals surface area contributed by atoms with Gasteiger partial charge in [-0.15, -0.1) is 0 Å². The zero-order chi connectivity index (χ0) is 39.1. The van der Waals surface area contributed by atoms with E-state index >= 15 is 0 Å². The van der Waals surface area contributed by atoms with Crippen LogP contribution in [-0.4, -0.2) is 0 Å². The van der Waals surface area contributed by atoms with Crippen molar-refractivity contribution in [1.29, 1.82) is 0 Å². The van der Waals surface area contributed by atoms with Gasteiger partial charge in [0.05, 0.1) is 5.69 Å². The van der Waals surface area contributed by atoms with Gasteiger partial charge in [0.25, 0.3) is 0 Å². The van der Waals surface area contributed by atoms with E-state index in [-0.39, 0.29) is 5.41 Å². The van der Waals surface area contributed by atoms with Crippen LogP contribution in [0.1, 0.15) is 25.0 Å². The molecule has 0 spiro atoms. The monoisotopic (exact) mass is 741 g/mol. The van der Waals surface area contributed by atoms with E-state index in [9.17, 15) is 0 Å². The smallest absolute Gasteiger partial charge is 0.0546 e. The minimum Gasteiger partial charge on any atom is -0.310 e. The molecule has 0 atom stereocenters. The van der Waals surface area contributed by atoms with E-state index in [1.165, 1.54) is 77.9 Å². The third-order valence-corrected chi connectivity index (χ3v) is 11.9. The van der Waals surface area contributed by atoms with Crippen molar-refractivity contribution in [3.05, 3.63) is 236 Å². The lowest BCUT2D eigenvalue weighted by Gasteiger charge is -2.30. The molecule has 0 radical (unpaired) electrons. The molecule has 0 bridgehead atoms. The summed E-state index contributed by atoms with van der Waals surface area (Å²) < 4.78 is 0. The van der Waals surface area contributed by atoms with Crippen LogP contribution >= 0.6 is 0 Å². The number of rotatable bonds is 8. The van der Waals surface area contributed by atoms with Gasteiger partial charge < -0.3 is 4.90 Å². The number of nitrogens with zero attached hydrogens (tertiary/aromatic N) is 1. The molecule has 0 saturated heterocycles. The summed E-state index contributed by atoms with van der Waals surface area (Å²) in [6.07, 6.45) is 0. The highest BCUT2D eigenvalue weighted by Gasteiger charge is 2.36. The number of benzene rings is 9. The molecule has 1 heteroatoms. The molecular weight excluding hydrogens is 699 g/mol. The number of hydrogen-bond acceptors (Lipinski definition) is 1. The Bertz CT molecular complexity index is 2890. The average molecular weight is 742 g/mol. The van der Waals surface area contributed by atoms with Crippen LogP contribution in [0.2, 0.25) is 0 Å². The summed E-state index contributed by atoms with van der Waals surface area (Å²) in [5.74, 6) is 0. The summed E-state index contributed by atoms with van der Waals surface area (Å²) in [4.78, 5) is 2.46. The van der Waals surface area contributed by atoms with E-state index in [1.807, 2.05) is 0 Å². The summed E-state index contributed by atoms with van der Waals surface area (Å²) >= 11 is 0. The molecule has 10 rings (SSSR count). The molecule has 0 heterocycles. The van der Waals surface area contributed by atoms with Crippen molar-refractivity contribution in [2.24, 2.45) is 0 Å². The van der Waals surface area contributed by atoms with Gasteiger partial charge in [-0.1, -0.05) is 208 Å². The first-order valence-corrected chi connectivity index (χ1v) is 20.2. The topological polar surface area (TPSA) is 3.24 Å². The summed E-state index contributed by atoms with van der Waals surface area (Å²) in [6, 6.07) is 81.8. The normalized spacial score (nSPS) is 12.4. The van der Waals surface area contributed by atoms with Crippen LogP contribution in [0.5, 0.6) is 0 Å². The Morgan fingerprint density at radius 1 is 0.293 bits per heavy atom. The maximum atomic E-state index is 2.46. The van der Waals surface area contributed by atoms with Crippen LogP contribution in [0.15, 0.2) is 224 Å². The fourth-order valence-electron chi connectivity index (χ4n) is 9.11. The van der Waals surface area contributed by atoms with Gasteiger partial charge in [-0.3, -0.25) is 0 Å². The third kappa shape index (κ3) is 6.13. The van der Waals surface area contributed by atoms with Crippen molar-refractivity contribution in [2.75, 3.05) is 4.90 Å². The van der Waals surface area contributed by atoms with Crippen LogP contribution in [0.4, 0.5) is 17.1 Å². The molecule has 0 aromatic heterocycles. The van der Waals surface area contributed by atoms with Crippen molar-refractivity contribution >= 4 is 17.1 Å². The summed E-state index contributed by atoms with van der Waals surface area (Å²) in [6.45, 7) is 4.71. The number of hydrogen-bond donors (Lipinski definition) is 0. The summed E-state index contributed by atoms with van der Waals surface area (Å²) in [7, 11) is 0. The largest absolute Gasteiger partial charge is 0.310 e. The lowest BCUT2D eigenvalue weighted by Crippen LogP contribution is -2.14. The second kappa shape index (κ2) is 14.7. The third-order valence-electron chi connectivity index (χ3n) is 11.9. The Morgan fingerprint density at radius 3 is 1.45 bits per heavy atom. The molecular formula is C57H43N. The first-order chi connectivity index (χ1) is 28.6. The maximum absolute atomic E-state index is 2.46. The molecule has 1 aliphatic carbocycles. The Kier molecular flexibility index (Phi) is 8.92. The second-order valence-electron chi connectivity index (χ2n) is 15.7. The summed E-state index contributed by atoms with van der Waals surface area (Å²) in [5, 5.41) is 0. The average Bonchev–Trinajstić information content (AvgIpc) is 3.53. The predicted molar refractivity (Wildman–Crippen MR) is 246 cm³/mol. The predicted octanol–water partition coefficient (Wildman–Crippen LogP) is 15.8. The maximum Gasteiger partial charge on any atom is 0.0546 e. The lowest BCUT2D eigenvalue weighted by molar-refractivity contribution is 0.660. The van der Waals surface area contributed by atoms with E-state index < -0.39 is 0 Å². The molecule has 0 unspecified atom stereocenters. The van der Waals surface area contributed by atoms with Crippen molar-refractivity contribution in [3.63, 3.8) is 0 Å². The lowest BCUT2D eigenvalue weighted by atomic mass is 9.82. The molecule has 1 nitrogen and oxygen atoms in total. The molecule has 276 valence electrons. The van der Waals surface area contributed by atoms with Crippen molar-refractivity contribution < 1.29 is 0 Å². The van der Waals surface area contributed by atoms with Crippen LogP contribution in [0.25, 0.3) is 66.8 Å². The van der Waals surface area contributed by atoms with E-state index in [2.05, 4.69) is 243 Å². The molecule has 58 heavy (non-hydrogen) atoms. The van der Waals surface area contributed by atoms with Crippen molar-refractivity contribution in [1.82, 2.24) is 0 Å². The van der Waals surface area contributed by atoms with Crippen LogP contribution < -0.4 is 4.90 Å². The number of anilines is 3. The van der Waals surface area contributed by atoms with Gasteiger partial charge in [0, 0.05) is 22.4 Å². The van der Waals surface area contributed by atoms with Crippen LogP contribution in [0, 0.1) is 0 Å². The molecule has 0 N–H and O–H groups in total. The number of fused-ring (bicyclic) bond motifs is 3. The zero-order valence-electron chi connectivity index (χ0n) is 32.8. The molecule has 0 saturated carbocycles. The molecule has 0 fully saturated rings. The van der Waals surface area contributed by atoms with Gasteiger partial charge in [-0.25, -0.2) is 0 Å². The second-order valence-corrected chi connectivity index (χ2v) is 15.7. The van der Waals surface area contributed by atoms with E-state index in [4.69, 9.17) is 0 Å². The van der Waals surface area contributed by atoms with E-state index in [0.29, 0.717) is 0 Å². The molecule has 0 aliphatic heterocycles. The van der Waals surface area contributed by atoms with E-state index in [0.717, 1.165) is 17.1 Å². The Morgan fingerprint density at radius 2 is 0.759 bits per heavy atom. The highest BCUT2D eigenvalue weighted by Crippen LogP contribution is 2.53. The highest BCUT2D eigenvalue weighted by molar-refractivity contribution is 6.02. The minimum atomic E-state index is -0.0784. The van der Waals surface area contributed by atoms with Gasteiger partial charge in [0.1, 0.15) is 0 Å². The molecule has 9 aromatic rings. The molecule has 9 aromatic carbocycles. The van der Waals surface area contributed by atoms with Crippen LogP contribution in [0.3, 0.4) is 0 Å². The van der Waals surface area contributed by atoms with Crippen molar-refractivity contribution in [3.8, 4) is 66.8 Å². The first-order valence-electron chi connectivity index (χ1n) is 20.2. The fourth-order valence-corrected chi connectivity index (χ4v) is 9.11. The SMILES string of the molecule is CC1(C)c2ccccc2-c2c(-c3cccc(N(c4ccc(-c5ccccc5)cc4)c4cccc(-c5ccccc5)c4-c4ccccc4-c4ccccc4)c3)cccc21. The van der Waals surface area contributed by atoms with Gasteiger partial charge in [-0.05, 0) is 103 Å². The van der Waals surface area contributed by atoms with E-state index in [1.54, 1.807) is 0 Å². The standard InChI is InChI=1S/C57H43N/c1-57(2)52-32-15-14-29-51(52)55-49(30-17-33-53(55)57)44-25-16-26-46(39-44)58(45-37-35-41(36-38-45)40-19-6-3-7-20-40)54-34-18-31-48(43-23-10-5-11-24-43)56(54)50-28-13-12-27-47(50)42-21-8-4-9-22-42/h3-39H,1-2H3. The van der Waals surface area contributed by atoms with Gasteiger partial charge in [0.2, 0.25) is 0 Å². The fraction of sp³-hybridized carbons (Fsp3) is 0.0526. The molecule has 1 aliphatic rings. The Hall–Kier alpha value is -7.22. The summed E-state index contributed by atoms with van der Waals surface area (Å²) in [5.41, 5.74) is 20.6. The van der Waals surface area contributed by atoms with Crippen molar-refractivity contribution in [2.45, 2.75) is 19.3 Å². The minimum absolute atomic E-state index is 0.0784. The Balaban J connectivity index is 1.23. The first kappa shape index (κ1) is 35.2. The zero-order valence-corrected chi connectivity index (χ0v) is 32.8. The molecule has 0 amide bonds. The van der Waals surface area contributed by atoms with Gasteiger partial charge in [-0.2, -0.15) is 0 Å². The highest BCUT2D eigenvalue weighted by atomic mass is 15.1. The van der Waals surface area contributed by atoms with Crippen LogP contribution in [-0.2, 0) is 5.41 Å². The van der Waals surface area contributed by atoms with Gasteiger partial charge >= 0.3 is 0 Å². The quantitative estimate of drug-likeness (QED) is 0.150.